The van der Waals surface area contributed by atoms with E-state index in [0.717, 1.165) is 39.0 Å². The van der Waals surface area contributed by atoms with Gasteiger partial charge in [-0.2, -0.15) is 0 Å². The van der Waals surface area contributed by atoms with Crippen LogP contribution in [0.25, 0.3) is 0 Å². The highest BCUT2D eigenvalue weighted by Gasteiger charge is 2.23. The highest BCUT2D eigenvalue weighted by molar-refractivity contribution is 5.74. The van der Waals surface area contributed by atoms with Crippen LogP contribution >= 0.6 is 0 Å². The second-order valence-electron chi connectivity index (χ2n) is 4.83. The summed E-state index contributed by atoms with van der Waals surface area (Å²) in [5.41, 5.74) is 0. The summed E-state index contributed by atoms with van der Waals surface area (Å²) in [6, 6.07) is 0.477. The Labute approximate surface area is 91.4 Å². The van der Waals surface area contributed by atoms with Crippen LogP contribution in [-0.2, 0) is 0 Å². The summed E-state index contributed by atoms with van der Waals surface area (Å²) in [6.45, 7) is 6.02. The Kier molecular flexibility index (Phi) is 3.46. The Balaban J connectivity index is 1.78. The Morgan fingerprint density at radius 2 is 2.33 bits per heavy atom. The molecule has 4 nitrogen and oxygen atoms in total. The van der Waals surface area contributed by atoms with Crippen LogP contribution in [0.5, 0.6) is 0 Å². The van der Waals surface area contributed by atoms with Crippen LogP contribution in [0.15, 0.2) is 0 Å². The number of nitrogens with one attached hydrogen (secondary N) is 2. The third-order valence-electron chi connectivity index (χ3n) is 3.33. The fourth-order valence-corrected chi connectivity index (χ4v) is 2.42. The van der Waals surface area contributed by atoms with Gasteiger partial charge in [-0.25, -0.2) is 4.79 Å². The number of piperidine rings is 1. The molecule has 86 valence electrons. The van der Waals surface area contributed by atoms with Gasteiger partial charge >= 0.3 is 6.03 Å². The summed E-state index contributed by atoms with van der Waals surface area (Å²) in [6.07, 6.45) is 3.47. The molecule has 2 saturated heterocycles. The van der Waals surface area contributed by atoms with Gasteiger partial charge in [-0.05, 0) is 31.7 Å². The second kappa shape index (κ2) is 4.84. The van der Waals surface area contributed by atoms with Crippen molar-refractivity contribution in [2.75, 3.05) is 26.2 Å². The quantitative estimate of drug-likeness (QED) is 0.673. The molecule has 4 heteroatoms. The maximum Gasteiger partial charge on any atom is 0.317 e. The molecule has 2 atom stereocenters. The molecule has 2 heterocycles. The van der Waals surface area contributed by atoms with Crippen molar-refractivity contribution in [3.63, 3.8) is 0 Å². The van der Waals surface area contributed by atoms with Gasteiger partial charge in [0.25, 0.3) is 0 Å². The first kappa shape index (κ1) is 10.7. The number of hydrogen-bond donors (Lipinski definition) is 2. The first-order valence-corrected chi connectivity index (χ1v) is 6.02. The van der Waals surface area contributed by atoms with E-state index in [9.17, 15) is 4.79 Å². The monoisotopic (exact) mass is 211 g/mol. The number of carbonyl (C=O) groups is 1. The summed E-state index contributed by atoms with van der Waals surface area (Å²) in [7, 11) is 0. The van der Waals surface area contributed by atoms with Crippen molar-refractivity contribution in [1.29, 1.82) is 0 Å². The number of likely N-dealkylation sites (tertiary alicyclic amines) is 1. The number of rotatable bonds is 1. The molecule has 0 bridgehead atoms. The van der Waals surface area contributed by atoms with Crippen molar-refractivity contribution in [3.05, 3.63) is 0 Å². The van der Waals surface area contributed by atoms with Gasteiger partial charge in [0, 0.05) is 25.7 Å². The highest BCUT2D eigenvalue weighted by Crippen LogP contribution is 2.15. The normalized spacial score (nSPS) is 31.7. The summed E-state index contributed by atoms with van der Waals surface area (Å²) < 4.78 is 0. The zero-order valence-corrected chi connectivity index (χ0v) is 9.46. The summed E-state index contributed by atoms with van der Waals surface area (Å²) in [5.74, 6) is 0.659. The van der Waals surface area contributed by atoms with E-state index in [-0.39, 0.29) is 6.03 Å². The largest absolute Gasteiger partial charge is 0.334 e. The Morgan fingerprint density at radius 1 is 1.47 bits per heavy atom. The Bertz CT molecular complexity index is 226. The maximum absolute atomic E-state index is 11.9. The average molecular weight is 211 g/mol. The van der Waals surface area contributed by atoms with Crippen molar-refractivity contribution < 1.29 is 4.79 Å². The smallest absolute Gasteiger partial charge is 0.317 e. The van der Waals surface area contributed by atoms with Crippen molar-refractivity contribution >= 4 is 6.03 Å². The zero-order valence-electron chi connectivity index (χ0n) is 9.46. The second-order valence-corrected chi connectivity index (χ2v) is 4.83. The van der Waals surface area contributed by atoms with E-state index in [0.29, 0.717) is 12.0 Å². The molecule has 0 aromatic carbocycles. The third kappa shape index (κ3) is 2.84. The zero-order chi connectivity index (χ0) is 10.7. The standard InChI is InChI=1S/C11H21N3O/c1-9-3-2-6-14(8-9)11(15)13-10-4-5-12-7-10/h9-10,12H,2-8H2,1H3,(H,13,15)/t9?,10-/m1/s1. The molecule has 0 aliphatic carbocycles. The van der Waals surface area contributed by atoms with Crippen LogP contribution in [0.1, 0.15) is 26.2 Å². The van der Waals surface area contributed by atoms with Crippen LogP contribution in [0, 0.1) is 5.92 Å². The summed E-state index contributed by atoms with van der Waals surface area (Å²) in [4.78, 5) is 13.9. The minimum Gasteiger partial charge on any atom is -0.334 e. The Morgan fingerprint density at radius 3 is 3.00 bits per heavy atom. The predicted octanol–water partition coefficient (Wildman–Crippen LogP) is 0.790. The van der Waals surface area contributed by atoms with Crippen molar-refractivity contribution in [2.24, 2.45) is 5.92 Å². The number of nitrogens with zero attached hydrogens (tertiary/aromatic N) is 1. The van der Waals surface area contributed by atoms with Gasteiger partial charge in [-0.3, -0.25) is 0 Å². The Hall–Kier alpha value is -0.770. The third-order valence-corrected chi connectivity index (χ3v) is 3.33. The molecular weight excluding hydrogens is 190 g/mol. The highest BCUT2D eigenvalue weighted by atomic mass is 16.2. The van der Waals surface area contributed by atoms with Gasteiger partial charge in [0.1, 0.15) is 0 Å². The number of urea groups is 1. The number of hydrogen-bond acceptors (Lipinski definition) is 2. The van der Waals surface area contributed by atoms with Crippen LogP contribution in [0.2, 0.25) is 0 Å². The molecule has 0 spiro atoms. The van der Waals surface area contributed by atoms with Crippen LogP contribution in [-0.4, -0.2) is 43.2 Å². The van der Waals surface area contributed by atoms with Crippen molar-refractivity contribution in [2.45, 2.75) is 32.2 Å². The van der Waals surface area contributed by atoms with Crippen molar-refractivity contribution in [3.8, 4) is 0 Å². The molecule has 2 fully saturated rings. The molecule has 2 aliphatic rings. The minimum absolute atomic E-state index is 0.134. The van der Waals surface area contributed by atoms with Gasteiger partial charge in [0.2, 0.25) is 0 Å². The number of amides is 2. The number of carbonyl (C=O) groups excluding carboxylic acids is 1. The SMILES string of the molecule is CC1CCCN(C(=O)N[C@@H]2CCNC2)C1. The maximum atomic E-state index is 11.9. The van der Waals surface area contributed by atoms with Crippen LogP contribution in [0.4, 0.5) is 4.79 Å². The van der Waals surface area contributed by atoms with Gasteiger partial charge < -0.3 is 15.5 Å². The predicted molar refractivity (Wildman–Crippen MR) is 59.8 cm³/mol. The summed E-state index contributed by atoms with van der Waals surface area (Å²) >= 11 is 0. The van der Waals surface area contributed by atoms with E-state index in [2.05, 4.69) is 17.6 Å². The fourth-order valence-electron chi connectivity index (χ4n) is 2.42. The van der Waals surface area contributed by atoms with E-state index in [4.69, 9.17) is 0 Å². The molecule has 2 amide bonds. The molecule has 2 N–H and O–H groups in total. The molecule has 0 aromatic rings. The lowest BCUT2D eigenvalue weighted by atomic mass is 10.0. The van der Waals surface area contributed by atoms with Gasteiger partial charge in [0.05, 0.1) is 0 Å². The first-order valence-electron chi connectivity index (χ1n) is 6.02. The van der Waals surface area contributed by atoms with E-state index in [1.165, 1.54) is 6.42 Å². The topological polar surface area (TPSA) is 44.4 Å². The average Bonchev–Trinajstić information content (AvgIpc) is 2.70. The van der Waals surface area contributed by atoms with E-state index in [1.807, 2.05) is 4.90 Å². The molecule has 1 unspecified atom stereocenters. The lowest BCUT2D eigenvalue weighted by molar-refractivity contribution is 0.167. The van der Waals surface area contributed by atoms with Gasteiger partial charge in [0.15, 0.2) is 0 Å². The van der Waals surface area contributed by atoms with Crippen LogP contribution in [0.3, 0.4) is 0 Å². The molecule has 0 aromatic heterocycles. The lowest BCUT2D eigenvalue weighted by Crippen LogP contribution is -2.48. The molecule has 0 radical (unpaired) electrons. The molecule has 0 saturated carbocycles. The lowest BCUT2D eigenvalue weighted by Gasteiger charge is -2.31. The minimum atomic E-state index is 0.134. The molecule has 2 rings (SSSR count). The van der Waals surface area contributed by atoms with E-state index in [1.54, 1.807) is 0 Å². The van der Waals surface area contributed by atoms with Crippen molar-refractivity contribution in [1.82, 2.24) is 15.5 Å². The molecular formula is C11H21N3O. The van der Waals surface area contributed by atoms with Gasteiger partial charge in [-0.15, -0.1) is 0 Å². The van der Waals surface area contributed by atoms with E-state index >= 15 is 0 Å². The summed E-state index contributed by atoms with van der Waals surface area (Å²) in [5, 5.41) is 6.35. The molecule has 2 aliphatic heterocycles. The fraction of sp³-hybridized carbons (Fsp3) is 0.909. The molecule has 15 heavy (non-hydrogen) atoms. The van der Waals surface area contributed by atoms with Gasteiger partial charge in [-0.1, -0.05) is 6.92 Å². The first-order chi connectivity index (χ1) is 7.25. The van der Waals surface area contributed by atoms with E-state index < -0.39 is 0 Å². The van der Waals surface area contributed by atoms with Crippen LogP contribution < -0.4 is 10.6 Å².